The Balaban J connectivity index is 2.10. The highest BCUT2D eigenvalue weighted by atomic mass is 35.5. The Labute approximate surface area is 123 Å². The van der Waals surface area contributed by atoms with E-state index in [-0.39, 0.29) is 12.6 Å². The summed E-state index contributed by atoms with van der Waals surface area (Å²) in [4.78, 5) is 4.20. The second-order valence-electron chi connectivity index (χ2n) is 4.64. The Bertz CT molecular complexity index is 569. The van der Waals surface area contributed by atoms with Gasteiger partial charge in [-0.3, -0.25) is 0 Å². The summed E-state index contributed by atoms with van der Waals surface area (Å²) in [6, 6.07) is 5.54. The van der Waals surface area contributed by atoms with E-state index >= 15 is 0 Å². The van der Waals surface area contributed by atoms with Crippen LogP contribution >= 0.6 is 11.6 Å². The molecule has 0 saturated carbocycles. The standard InChI is InChI=1S/C14H18ClN3O2/c1-3-13-17-14(20-18-13)8-19-12-6-4-5-11(15)10(12)7-9(2)16/h4-6,9H,3,7-8,16H2,1-2H3. The predicted molar refractivity (Wildman–Crippen MR) is 76.8 cm³/mol. The summed E-state index contributed by atoms with van der Waals surface area (Å²) < 4.78 is 10.8. The van der Waals surface area contributed by atoms with E-state index < -0.39 is 0 Å². The van der Waals surface area contributed by atoms with Crippen molar-refractivity contribution >= 4 is 11.6 Å². The maximum atomic E-state index is 6.19. The molecule has 0 bridgehead atoms. The van der Waals surface area contributed by atoms with Crippen LogP contribution in [0, 0.1) is 0 Å². The van der Waals surface area contributed by atoms with Crippen LogP contribution in [0.2, 0.25) is 5.02 Å². The van der Waals surface area contributed by atoms with Crippen molar-refractivity contribution in [2.24, 2.45) is 5.73 Å². The number of hydrogen-bond acceptors (Lipinski definition) is 5. The minimum absolute atomic E-state index is 0.00680. The first kappa shape index (κ1) is 14.8. The number of rotatable bonds is 6. The monoisotopic (exact) mass is 295 g/mol. The molecule has 2 rings (SSSR count). The Morgan fingerprint density at radius 3 is 2.90 bits per heavy atom. The third-order valence-electron chi connectivity index (χ3n) is 2.78. The summed E-state index contributed by atoms with van der Waals surface area (Å²) in [6.45, 7) is 4.12. The van der Waals surface area contributed by atoms with E-state index in [9.17, 15) is 0 Å². The number of aryl methyl sites for hydroxylation is 1. The lowest BCUT2D eigenvalue weighted by Crippen LogP contribution is -2.18. The lowest BCUT2D eigenvalue weighted by atomic mass is 10.1. The summed E-state index contributed by atoms with van der Waals surface area (Å²) in [6.07, 6.45) is 1.38. The molecule has 20 heavy (non-hydrogen) atoms. The first-order valence-corrected chi connectivity index (χ1v) is 6.95. The fraction of sp³-hybridized carbons (Fsp3) is 0.429. The first-order chi connectivity index (χ1) is 9.60. The third kappa shape index (κ3) is 3.71. The van der Waals surface area contributed by atoms with Gasteiger partial charge in [0.25, 0.3) is 5.89 Å². The van der Waals surface area contributed by atoms with Gasteiger partial charge in [-0.15, -0.1) is 0 Å². The van der Waals surface area contributed by atoms with Crippen molar-refractivity contribution in [1.82, 2.24) is 10.1 Å². The van der Waals surface area contributed by atoms with Crippen LogP contribution in [0.4, 0.5) is 0 Å². The molecule has 0 aliphatic heterocycles. The topological polar surface area (TPSA) is 74.2 Å². The molecule has 1 atom stereocenters. The highest BCUT2D eigenvalue weighted by molar-refractivity contribution is 6.31. The van der Waals surface area contributed by atoms with Gasteiger partial charge in [-0.25, -0.2) is 0 Å². The van der Waals surface area contributed by atoms with Gasteiger partial charge in [0.05, 0.1) is 0 Å². The highest BCUT2D eigenvalue weighted by Gasteiger charge is 2.12. The zero-order valence-corrected chi connectivity index (χ0v) is 12.4. The van der Waals surface area contributed by atoms with E-state index in [4.69, 9.17) is 26.6 Å². The van der Waals surface area contributed by atoms with Gasteiger partial charge in [0, 0.05) is 23.0 Å². The van der Waals surface area contributed by atoms with E-state index in [1.54, 1.807) is 0 Å². The van der Waals surface area contributed by atoms with Gasteiger partial charge < -0.3 is 15.0 Å². The summed E-state index contributed by atoms with van der Waals surface area (Å²) in [5.41, 5.74) is 6.74. The normalized spacial score (nSPS) is 12.4. The number of nitrogens with zero attached hydrogens (tertiary/aromatic N) is 2. The number of hydrogen-bond donors (Lipinski definition) is 1. The van der Waals surface area contributed by atoms with Crippen LogP contribution in [0.15, 0.2) is 22.7 Å². The van der Waals surface area contributed by atoms with Crippen LogP contribution < -0.4 is 10.5 Å². The second kappa shape index (κ2) is 6.72. The van der Waals surface area contributed by atoms with Crippen LogP contribution in [0.1, 0.15) is 31.1 Å². The molecular formula is C14H18ClN3O2. The van der Waals surface area contributed by atoms with Gasteiger partial charge >= 0.3 is 0 Å². The molecular weight excluding hydrogens is 278 g/mol. The molecule has 0 saturated heterocycles. The number of halogens is 1. The lowest BCUT2D eigenvalue weighted by molar-refractivity contribution is 0.240. The van der Waals surface area contributed by atoms with Crippen molar-refractivity contribution in [2.75, 3.05) is 0 Å². The van der Waals surface area contributed by atoms with Crippen molar-refractivity contribution in [3.05, 3.63) is 40.5 Å². The fourth-order valence-electron chi connectivity index (χ4n) is 1.83. The Morgan fingerprint density at radius 1 is 1.45 bits per heavy atom. The molecule has 1 unspecified atom stereocenters. The van der Waals surface area contributed by atoms with Gasteiger partial charge in [-0.2, -0.15) is 4.98 Å². The van der Waals surface area contributed by atoms with Gasteiger partial charge in [-0.05, 0) is 25.5 Å². The van der Waals surface area contributed by atoms with Crippen LogP contribution in [-0.4, -0.2) is 16.2 Å². The van der Waals surface area contributed by atoms with Gasteiger partial charge in [0.15, 0.2) is 12.4 Å². The SMILES string of the molecule is CCc1noc(COc2cccc(Cl)c2CC(C)N)n1. The highest BCUT2D eigenvalue weighted by Crippen LogP contribution is 2.28. The van der Waals surface area contributed by atoms with Crippen molar-refractivity contribution in [3.8, 4) is 5.75 Å². The van der Waals surface area contributed by atoms with E-state index in [0.29, 0.717) is 28.9 Å². The molecule has 6 heteroatoms. The Hall–Kier alpha value is -1.59. The molecule has 2 aromatic rings. The summed E-state index contributed by atoms with van der Waals surface area (Å²) in [7, 11) is 0. The molecule has 5 nitrogen and oxygen atoms in total. The first-order valence-electron chi connectivity index (χ1n) is 6.57. The Morgan fingerprint density at radius 2 is 2.25 bits per heavy atom. The van der Waals surface area contributed by atoms with Crippen LogP contribution in [0.25, 0.3) is 0 Å². The van der Waals surface area contributed by atoms with Crippen LogP contribution in [0.3, 0.4) is 0 Å². The van der Waals surface area contributed by atoms with Crippen molar-refractivity contribution in [2.45, 2.75) is 39.3 Å². The molecule has 0 fully saturated rings. The summed E-state index contributed by atoms with van der Waals surface area (Å²) in [5.74, 6) is 1.82. The maximum absolute atomic E-state index is 6.19. The van der Waals surface area contributed by atoms with E-state index in [1.807, 2.05) is 32.0 Å². The number of ether oxygens (including phenoxy) is 1. The summed E-state index contributed by atoms with van der Waals surface area (Å²) >= 11 is 6.19. The molecule has 1 aromatic heterocycles. The molecule has 0 aliphatic carbocycles. The largest absolute Gasteiger partial charge is 0.483 e. The average Bonchev–Trinajstić information content (AvgIpc) is 2.87. The van der Waals surface area contributed by atoms with E-state index in [2.05, 4.69) is 10.1 Å². The molecule has 1 aromatic carbocycles. The molecule has 1 heterocycles. The quantitative estimate of drug-likeness (QED) is 0.887. The molecule has 0 radical (unpaired) electrons. The summed E-state index contributed by atoms with van der Waals surface area (Å²) in [5, 5.41) is 4.48. The molecule has 2 N–H and O–H groups in total. The number of benzene rings is 1. The zero-order chi connectivity index (χ0) is 14.5. The van der Waals surface area contributed by atoms with Crippen molar-refractivity contribution in [1.29, 1.82) is 0 Å². The van der Waals surface area contributed by atoms with Gasteiger partial charge in [-0.1, -0.05) is 29.7 Å². The van der Waals surface area contributed by atoms with Crippen molar-refractivity contribution in [3.63, 3.8) is 0 Å². The minimum Gasteiger partial charge on any atom is -0.483 e. The second-order valence-corrected chi connectivity index (χ2v) is 5.05. The minimum atomic E-state index is 0.00680. The zero-order valence-electron chi connectivity index (χ0n) is 11.6. The van der Waals surface area contributed by atoms with E-state index in [1.165, 1.54) is 0 Å². The molecule has 0 spiro atoms. The maximum Gasteiger partial charge on any atom is 0.264 e. The fourth-order valence-corrected chi connectivity index (χ4v) is 2.07. The van der Waals surface area contributed by atoms with Gasteiger partial charge in [0.2, 0.25) is 0 Å². The van der Waals surface area contributed by atoms with Crippen LogP contribution in [-0.2, 0) is 19.4 Å². The van der Waals surface area contributed by atoms with E-state index in [0.717, 1.165) is 12.0 Å². The lowest BCUT2D eigenvalue weighted by Gasteiger charge is -2.13. The Kier molecular flexibility index (Phi) is 4.98. The molecule has 108 valence electrons. The smallest absolute Gasteiger partial charge is 0.264 e. The number of nitrogens with two attached hydrogens (primary N) is 1. The molecule has 0 amide bonds. The predicted octanol–water partition coefficient (Wildman–Crippen LogP) is 2.75. The average molecular weight is 296 g/mol. The third-order valence-corrected chi connectivity index (χ3v) is 3.13. The van der Waals surface area contributed by atoms with Crippen LogP contribution in [0.5, 0.6) is 5.75 Å². The molecule has 0 aliphatic rings. The van der Waals surface area contributed by atoms with Gasteiger partial charge in [0.1, 0.15) is 5.75 Å². The number of aromatic nitrogens is 2. The van der Waals surface area contributed by atoms with Crippen molar-refractivity contribution < 1.29 is 9.26 Å².